The van der Waals surface area contributed by atoms with Gasteiger partial charge in [0.2, 0.25) is 0 Å². The Morgan fingerprint density at radius 2 is 2.67 bits per heavy atom. The summed E-state index contributed by atoms with van der Waals surface area (Å²) < 4.78 is 0. The summed E-state index contributed by atoms with van der Waals surface area (Å²) in [7, 11) is 0. The average Bonchev–Trinajstić information content (AvgIpc) is 2.53. The quantitative estimate of drug-likeness (QED) is 0.590. The molecule has 0 aliphatic heterocycles. The van der Waals surface area contributed by atoms with Crippen molar-refractivity contribution < 1.29 is 0 Å². The molecule has 0 unspecified atom stereocenters. The molecule has 0 saturated heterocycles. The van der Waals surface area contributed by atoms with E-state index in [2.05, 4.69) is 16.9 Å². The summed E-state index contributed by atoms with van der Waals surface area (Å²) >= 11 is 6.66. The number of nitrogens with one attached hydrogen (secondary N) is 1. The van der Waals surface area contributed by atoms with E-state index in [1.165, 1.54) is 0 Å². The highest BCUT2D eigenvalue weighted by molar-refractivity contribution is 7.80. The molecule has 1 rings (SSSR count). The topological polar surface area (TPSA) is 24.9 Å². The Kier molecular flexibility index (Phi) is 3.90. The van der Waals surface area contributed by atoms with Crippen molar-refractivity contribution in [2.75, 3.05) is 6.54 Å². The predicted molar refractivity (Wildman–Crippen MR) is 56.6 cm³/mol. The molecular weight excluding hydrogens is 188 g/mol. The van der Waals surface area contributed by atoms with Crippen LogP contribution in [-0.2, 0) is 6.42 Å². The highest BCUT2D eigenvalue weighted by atomic mass is 32.1. The number of aromatic nitrogens is 1. The number of rotatable bonds is 4. The molecule has 0 atom stereocenters. The van der Waals surface area contributed by atoms with Crippen molar-refractivity contribution >= 4 is 28.5 Å². The highest BCUT2D eigenvalue weighted by Gasteiger charge is 1.98. The fourth-order valence-corrected chi connectivity index (χ4v) is 1.53. The van der Waals surface area contributed by atoms with Crippen molar-refractivity contribution in [3.05, 3.63) is 29.2 Å². The van der Waals surface area contributed by atoms with Gasteiger partial charge in [0, 0.05) is 18.3 Å². The Bertz CT molecular complexity index is 254. The number of thiazole rings is 1. The first-order valence-electron chi connectivity index (χ1n) is 3.57. The standard InChI is InChI=1S/C8H10N2S2/c1-2-3-9-8(11)4-7-5-12-6-10-7/h2,5-6H,1,3-4H2,(H,9,11). The van der Waals surface area contributed by atoms with Crippen LogP contribution in [0.1, 0.15) is 5.69 Å². The van der Waals surface area contributed by atoms with Gasteiger partial charge in [-0.25, -0.2) is 4.98 Å². The van der Waals surface area contributed by atoms with E-state index in [0.29, 0.717) is 0 Å². The van der Waals surface area contributed by atoms with Gasteiger partial charge < -0.3 is 5.32 Å². The molecule has 0 saturated carbocycles. The van der Waals surface area contributed by atoms with Gasteiger partial charge in [0.25, 0.3) is 0 Å². The van der Waals surface area contributed by atoms with E-state index in [4.69, 9.17) is 12.2 Å². The van der Waals surface area contributed by atoms with Crippen molar-refractivity contribution in [1.82, 2.24) is 10.3 Å². The molecule has 1 heterocycles. The minimum atomic E-state index is 0.725. The molecule has 0 aliphatic rings. The number of thiocarbonyl (C=S) groups is 1. The second kappa shape index (κ2) is 5.00. The monoisotopic (exact) mass is 198 g/mol. The van der Waals surface area contributed by atoms with E-state index in [1.807, 2.05) is 10.9 Å². The third kappa shape index (κ3) is 3.11. The summed E-state index contributed by atoms with van der Waals surface area (Å²) in [6.45, 7) is 4.32. The lowest BCUT2D eigenvalue weighted by Crippen LogP contribution is -2.23. The van der Waals surface area contributed by atoms with Crippen molar-refractivity contribution in [1.29, 1.82) is 0 Å². The smallest absolute Gasteiger partial charge is 0.0816 e. The molecule has 1 aromatic rings. The molecule has 1 aromatic heterocycles. The van der Waals surface area contributed by atoms with E-state index in [9.17, 15) is 0 Å². The third-order valence-corrected chi connectivity index (χ3v) is 2.19. The third-order valence-electron chi connectivity index (χ3n) is 1.27. The van der Waals surface area contributed by atoms with Crippen LogP contribution in [0, 0.1) is 0 Å². The van der Waals surface area contributed by atoms with Gasteiger partial charge in [0.1, 0.15) is 0 Å². The van der Waals surface area contributed by atoms with E-state index in [0.717, 1.165) is 23.6 Å². The van der Waals surface area contributed by atoms with Gasteiger partial charge in [0.15, 0.2) is 0 Å². The molecule has 0 aliphatic carbocycles. The lowest BCUT2D eigenvalue weighted by atomic mass is 10.3. The molecule has 1 N–H and O–H groups in total. The van der Waals surface area contributed by atoms with Gasteiger partial charge in [-0.1, -0.05) is 18.3 Å². The predicted octanol–water partition coefficient (Wildman–Crippen LogP) is 1.79. The highest BCUT2D eigenvalue weighted by Crippen LogP contribution is 2.01. The Hall–Kier alpha value is -0.740. The second-order valence-electron chi connectivity index (χ2n) is 2.25. The maximum atomic E-state index is 5.07. The Balaban J connectivity index is 2.32. The summed E-state index contributed by atoms with van der Waals surface area (Å²) in [6.07, 6.45) is 2.51. The molecule has 12 heavy (non-hydrogen) atoms. The van der Waals surface area contributed by atoms with Crippen LogP contribution < -0.4 is 5.32 Å². The van der Waals surface area contributed by atoms with Crippen LogP contribution in [-0.4, -0.2) is 16.5 Å². The van der Waals surface area contributed by atoms with Crippen LogP contribution >= 0.6 is 23.6 Å². The number of hydrogen-bond donors (Lipinski definition) is 1. The van der Waals surface area contributed by atoms with Crippen molar-refractivity contribution in [2.24, 2.45) is 0 Å². The van der Waals surface area contributed by atoms with Crippen LogP contribution in [0.15, 0.2) is 23.5 Å². The van der Waals surface area contributed by atoms with Gasteiger partial charge in [0.05, 0.1) is 16.2 Å². The second-order valence-corrected chi connectivity index (χ2v) is 3.46. The summed E-state index contributed by atoms with van der Waals surface area (Å²) in [5.41, 5.74) is 2.84. The summed E-state index contributed by atoms with van der Waals surface area (Å²) in [5.74, 6) is 0. The molecular formula is C8H10N2S2. The fourth-order valence-electron chi connectivity index (χ4n) is 0.738. The minimum absolute atomic E-state index is 0.725. The van der Waals surface area contributed by atoms with E-state index in [1.54, 1.807) is 17.4 Å². The zero-order valence-corrected chi connectivity index (χ0v) is 8.25. The SMILES string of the molecule is C=CCNC(=S)Cc1cscn1. The number of nitrogens with zero attached hydrogens (tertiary/aromatic N) is 1. The Morgan fingerprint density at radius 3 is 3.25 bits per heavy atom. The molecule has 0 bridgehead atoms. The normalized spacial score (nSPS) is 9.33. The van der Waals surface area contributed by atoms with E-state index >= 15 is 0 Å². The van der Waals surface area contributed by atoms with Crippen LogP contribution in [0.3, 0.4) is 0 Å². The van der Waals surface area contributed by atoms with Crippen molar-refractivity contribution in [2.45, 2.75) is 6.42 Å². The van der Waals surface area contributed by atoms with Gasteiger partial charge in [-0.15, -0.1) is 17.9 Å². The van der Waals surface area contributed by atoms with E-state index in [-0.39, 0.29) is 0 Å². The molecule has 0 spiro atoms. The first-order chi connectivity index (χ1) is 5.83. The van der Waals surface area contributed by atoms with Crippen LogP contribution in [0.2, 0.25) is 0 Å². The first-order valence-corrected chi connectivity index (χ1v) is 4.92. The van der Waals surface area contributed by atoms with E-state index < -0.39 is 0 Å². The fraction of sp³-hybridized carbons (Fsp3) is 0.250. The molecule has 4 heteroatoms. The maximum Gasteiger partial charge on any atom is 0.0816 e. The maximum absolute atomic E-state index is 5.07. The molecule has 0 amide bonds. The van der Waals surface area contributed by atoms with Crippen molar-refractivity contribution in [3.63, 3.8) is 0 Å². The lowest BCUT2D eigenvalue weighted by Gasteiger charge is -2.01. The van der Waals surface area contributed by atoms with Gasteiger partial charge >= 0.3 is 0 Å². The van der Waals surface area contributed by atoms with Gasteiger partial charge in [-0.3, -0.25) is 0 Å². The molecule has 64 valence electrons. The molecule has 0 fully saturated rings. The Morgan fingerprint density at radius 1 is 1.83 bits per heavy atom. The zero-order valence-electron chi connectivity index (χ0n) is 6.62. The largest absolute Gasteiger partial charge is 0.376 e. The lowest BCUT2D eigenvalue weighted by molar-refractivity contribution is 1.02. The van der Waals surface area contributed by atoms with Crippen LogP contribution in [0.25, 0.3) is 0 Å². The van der Waals surface area contributed by atoms with Crippen LogP contribution in [0.4, 0.5) is 0 Å². The molecule has 0 aromatic carbocycles. The summed E-state index contributed by atoms with van der Waals surface area (Å²) in [6, 6.07) is 0. The zero-order chi connectivity index (χ0) is 8.81. The minimum Gasteiger partial charge on any atom is -0.376 e. The van der Waals surface area contributed by atoms with Crippen LogP contribution in [0.5, 0.6) is 0 Å². The molecule has 0 radical (unpaired) electrons. The first kappa shape index (κ1) is 9.35. The Labute approximate surface area is 81.3 Å². The average molecular weight is 198 g/mol. The van der Waals surface area contributed by atoms with Gasteiger partial charge in [-0.2, -0.15) is 0 Å². The molecule has 2 nitrogen and oxygen atoms in total. The van der Waals surface area contributed by atoms with Gasteiger partial charge in [-0.05, 0) is 0 Å². The summed E-state index contributed by atoms with van der Waals surface area (Å²) in [5, 5.41) is 5.05. The van der Waals surface area contributed by atoms with Crippen molar-refractivity contribution in [3.8, 4) is 0 Å². The number of hydrogen-bond acceptors (Lipinski definition) is 3. The summed E-state index contributed by atoms with van der Waals surface area (Å²) in [4.78, 5) is 4.95.